The van der Waals surface area contributed by atoms with Crippen LogP contribution in [-0.4, -0.2) is 31.1 Å². The van der Waals surface area contributed by atoms with E-state index >= 15 is 0 Å². The number of likely N-dealkylation sites (tertiary alicyclic amines) is 1. The van der Waals surface area contributed by atoms with Crippen molar-refractivity contribution in [3.05, 3.63) is 35.4 Å². The summed E-state index contributed by atoms with van der Waals surface area (Å²) in [5.74, 6) is 0.594. The highest BCUT2D eigenvalue weighted by Crippen LogP contribution is 2.29. The number of benzene rings is 1. The van der Waals surface area contributed by atoms with E-state index in [4.69, 9.17) is 0 Å². The van der Waals surface area contributed by atoms with Crippen molar-refractivity contribution in [3.63, 3.8) is 0 Å². The van der Waals surface area contributed by atoms with Crippen molar-refractivity contribution < 1.29 is 0 Å². The molecule has 1 N–H and O–H groups in total. The van der Waals surface area contributed by atoms with Gasteiger partial charge in [-0.05, 0) is 48.4 Å². The maximum atomic E-state index is 3.51. The molecule has 0 spiro atoms. The molecule has 2 rings (SSSR count). The largest absolute Gasteiger partial charge is 0.316 e. The molecule has 0 saturated carbocycles. The van der Waals surface area contributed by atoms with Crippen LogP contribution in [0.3, 0.4) is 0 Å². The van der Waals surface area contributed by atoms with E-state index in [1.54, 1.807) is 0 Å². The molecule has 0 amide bonds. The van der Waals surface area contributed by atoms with Crippen molar-refractivity contribution in [1.82, 2.24) is 10.2 Å². The molecule has 0 bridgehead atoms. The zero-order chi connectivity index (χ0) is 15.3. The lowest BCUT2D eigenvalue weighted by molar-refractivity contribution is 0.284. The van der Waals surface area contributed by atoms with Gasteiger partial charge in [0.2, 0.25) is 0 Å². The molecule has 1 atom stereocenters. The summed E-state index contributed by atoms with van der Waals surface area (Å²) in [5, 5.41) is 3.51. The van der Waals surface area contributed by atoms with Crippen LogP contribution in [0.5, 0.6) is 0 Å². The lowest BCUT2D eigenvalue weighted by Gasteiger charge is -2.20. The van der Waals surface area contributed by atoms with E-state index in [1.165, 1.54) is 37.1 Å². The Morgan fingerprint density at radius 2 is 1.95 bits per heavy atom. The third-order valence-electron chi connectivity index (χ3n) is 4.59. The van der Waals surface area contributed by atoms with Gasteiger partial charge in [0.05, 0.1) is 0 Å². The second-order valence-electron chi connectivity index (χ2n) is 7.47. The SMILES string of the molecule is CCCNCC(C)c1ccc(CN2CCC(C)(C)C2)cc1. The number of nitrogens with one attached hydrogen (secondary N) is 1. The second-order valence-corrected chi connectivity index (χ2v) is 7.47. The van der Waals surface area contributed by atoms with Gasteiger partial charge in [0.25, 0.3) is 0 Å². The van der Waals surface area contributed by atoms with Gasteiger partial charge in [-0.25, -0.2) is 0 Å². The van der Waals surface area contributed by atoms with E-state index in [0.717, 1.165) is 19.6 Å². The van der Waals surface area contributed by atoms with Crippen molar-refractivity contribution in [2.75, 3.05) is 26.2 Å². The van der Waals surface area contributed by atoms with Crippen molar-refractivity contribution in [2.24, 2.45) is 5.41 Å². The van der Waals surface area contributed by atoms with E-state index in [-0.39, 0.29) is 0 Å². The Morgan fingerprint density at radius 1 is 1.24 bits per heavy atom. The predicted molar refractivity (Wildman–Crippen MR) is 91.7 cm³/mol. The lowest BCUT2D eigenvalue weighted by atomic mass is 9.93. The van der Waals surface area contributed by atoms with Crippen molar-refractivity contribution in [2.45, 2.75) is 53.0 Å². The minimum absolute atomic E-state index is 0.499. The fourth-order valence-corrected chi connectivity index (χ4v) is 3.18. The van der Waals surface area contributed by atoms with E-state index in [2.05, 4.69) is 62.2 Å². The summed E-state index contributed by atoms with van der Waals surface area (Å²) in [6.07, 6.45) is 2.53. The Morgan fingerprint density at radius 3 is 2.52 bits per heavy atom. The fraction of sp³-hybridized carbons (Fsp3) is 0.684. The quantitative estimate of drug-likeness (QED) is 0.762. The molecule has 0 radical (unpaired) electrons. The number of nitrogens with zero attached hydrogens (tertiary/aromatic N) is 1. The third-order valence-corrected chi connectivity index (χ3v) is 4.59. The molecule has 1 saturated heterocycles. The van der Waals surface area contributed by atoms with Crippen molar-refractivity contribution in [1.29, 1.82) is 0 Å². The highest BCUT2D eigenvalue weighted by molar-refractivity contribution is 5.25. The Balaban J connectivity index is 1.84. The van der Waals surface area contributed by atoms with Crippen molar-refractivity contribution >= 4 is 0 Å². The first-order chi connectivity index (χ1) is 10.00. The molecule has 1 unspecified atom stereocenters. The van der Waals surface area contributed by atoms with Gasteiger partial charge < -0.3 is 5.32 Å². The van der Waals surface area contributed by atoms with Gasteiger partial charge in [-0.1, -0.05) is 52.0 Å². The van der Waals surface area contributed by atoms with Crippen LogP contribution in [0.2, 0.25) is 0 Å². The van der Waals surface area contributed by atoms with Crippen molar-refractivity contribution in [3.8, 4) is 0 Å². The Kier molecular flexibility index (Phi) is 5.83. The molecule has 21 heavy (non-hydrogen) atoms. The number of hydrogen-bond donors (Lipinski definition) is 1. The molecule has 1 aromatic carbocycles. The molecule has 1 heterocycles. The van der Waals surface area contributed by atoms with E-state index < -0.39 is 0 Å². The maximum Gasteiger partial charge on any atom is 0.0233 e. The maximum absolute atomic E-state index is 3.51. The zero-order valence-electron chi connectivity index (χ0n) is 14.3. The summed E-state index contributed by atoms with van der Waals surface area (Å²) < 4.78 is 0. The molecule has 1 aliphatic heterocycles. The zero-order valence-corrected chi connectivity index (χ0v) is 14.3. The predicted octanol–water partition coefficient (Wildman–Crippen LogP) is 4.02. The van der Waals surface area contributed by atoms with Gasteiger partial charge in [-0.2, -0.15) is 0 Å². The summed E-state index contributed by atoms with van der Waals surface area (Å²) in [5.41, 5.74) is 3.40. The van der Waals surface area contributed by atoms with Crippen LogP contribution < -0.4 is 5.32 Å². The highest BCUT2D eigenvalue weighted by atomic mass is 15.1. The molecule has 1 aliphatic rings. The average molecular weight is 288 g/mol. The minimum atomic E-state index is 0.499. The van der Waals surface area contributed by atoms with Gasteiger partial charge in [0.15, 0.2) is 0 Å². The first-order valence-electron chi connectivity index (χ1n) is 8.52. The van der Waals surface area contributed by atoms with E-state index in [9.17, 15) is 0 Å². The van der Waals surface area contributed by atoms with E-state index in [0.29, 0.717) is 11.3 Å². The molecule has 0 aromatic heterocycles. The molecule has 0 aliphatic carbocycles. The van der Waals surface area contributed by atoms with Gasteiger partial charge in [-0.3, -0.25) is 4.90 Å². The summed E-state index contributed by atoms with van der Waals surface area (Å²) in [6, 6.07) is 9.26. The Hall–Kier alpha value is -0.860. The monoisotopic (exact) mass is 288 g/mol. The molecular formula is C19H32N2. The van der Waals surface area contributed by atoms with Crippen LogP contribution >= 0.6 is 0 Å². The van der Waals surface area contributed by atoms with E-state index in [1.807, 2.05) is 0 Å². The van der Waals surface area contributed by atoms with Crippen LogP contribution in [0, 0.1) is 5.41 Å². The third kappa shape index (κ3) is 5.12. The van der Waals surface area contributed by atoms with Crippen LogP contribution in [-0.2, 0) is 6.54 Å². The molecule has 1 fully saturated rings. The van der Waals surface area contributed by atoms with Crippen LogP contribution in [0.4, 0.5) is 0 Å². The molecular weight excluding hydrogens is 256 g/mol. The average Bonchev–Trinajstić information content (AvgIpc) is 2.79. The summed E-state index contributed by atoms with van der Waals surface area (Å²) in [7, 11) is 0. The number of rotatable bonds is 7. The van der Waals surface area contributed by atoms with Crippen LogP contribution in [0.25, 0.3) is 0 Å². The lowest BCUT2D eigenvalue weighted by Crippen LogP contribution is -2.23. The van der Waals surface area contributed by atoms with Gasteiger partial charge in [-0.15, -0.1) is 0 Å². The second kappa shape index (κ2) is 7.42. The van der Waals surface area contributed by atoms with Gasteiger partial charge in [0.1, 0.15) is 0 Å². The van der Waals surface area contributed by atoms with Crippen LogP contribution in [0.15, 0.2) is 24.3 Å². The first kappa shape index (κ1) is 16.5. The summed E-state index contributed by atoms with van der Waals surface area (Å²) in [6.45, 7) is 15.0. The van der Waals surface area contributed by atoms with Crippen LogP contribution in [0.1, 0.15) is 57.6 Å². The minimum Gasteiger partial charge on any atom is -0.316 e. The topological polar surface area (TPSA) is 15.3 Å². The summed E-state index contributed by atoms with van der Waals surface area (Å²) >= 11 is 0. The molecule has 118 valence electrons. The highest BCUT2D eigenvalue weighted by Gasteiger charge is 2.28. The first-order valence-corrected chi connectivity index (χ1v) is 8.52. The molecule has 2 nitrogen and oxygen atoms in total. The normalized spacial score (nSPS) is 19.8. The Labute approximate surface area is 130 Å². The standard InChI is InChI=1S/C19H32N2/c1-5-11-20-13-16(2)18-8-6-17(7-9-18)14-21-12-10-19(3,4)15-21/h6-9,16,20H,5,10-15H2,1-4H3. The fourth-order valence-electron chi connectivity index (χ4n) is 3.18. The smallest absolute Gasteiger partial charge is 0.0233 e. The molecule has 2 heteroatoms. The Bertz CT molecular complexity index is 422. The number of hydrogen-bond acceptors (Lipinski definition) is 2. The molecule has 1 aromatic rings. The van der Waals surface area contributed by atoms with Gasteiger partial charge in [0, 0.05) is 19.6 Å². The van der Waals surface area contributed by atoms with Gasteiger partial charge >= 0.3 is 0 Å². The summed E-state index contributed by atoms with van der Waals surface area (Å²) in [4.78, 5) is 2.58.